The molecule has 0 aromatic carbocycles. The number of aromatic nitrogens is 1. The molecule has 7 nitrogen and oxygen atoms in total. The minimum absolute atomic E-state index is 0.0322. The molecule has 1 saturated heterocycles. The third kappa shape index (κ3) is 3.18. The molecule has 2 atom stereocenters. The molecule has 1 fully saturated rings. The van der Waals surface area contributed by atoms with Crippen molar-refractivity contribution in [1.29, 1.82) is 0 Å². The zero-order valence-electron chi connectivity index (χ0n) is 13.2. The molecular weight excluding hydrogens is 304 g/mol. The Morgan fingerprint density at radius 3 is 2.77 bits per heavy atom. The molecule has 8 heteroatoms. The summed E-state index contributed by atoms with van der Waals surface area (Å²) in [5.41, 5.74) is 6.24. The lowest BCUT2D eigenvalue weighted by Gasteiger charge is -2.33. The molecule has 1 aromatic rings. The molecule has 0 saturated carbocycles. The highest BCUT2D eigenvalue weighted by Crippen LogP contribution is 2.26. The summed E-state index contributed by atoms with van der Waals surface area (Å²) in [6.45, 7) is 2.84. The maximum atomic E-state index is 12.8. The van der Waals surface area contributed by atoms with E-state index in [4.69, 9.17) is 5.73 Å². The smallest absolute Gasteiger partial charge is 0.267 e. The summed E-state index contributed by atoms with van der Waals surface area (Å²) in [7, 11) is -0.422. The Bertz CT molecular complexity index is 651. The predicted molar refractivity (Wildman–Crippen MR) is 83.9 cm³/mol. The van der Waals surface area contributed by atoms with Gasteiger partial charge in [0, 0.05) is 39.4 Å². The summed E-state index contributed by atoms with van der Waals surface area (Å²) in [6.07, 6.45) is 3.23. The van der Waals surface area contributed by atoms with Crippen LogP contribution >= 0.6 is 0 Å². The second kappa shape index (κ2) is 6.39. The number of hydrogen-bond acceptors (Lipinski definition) is 4. The Balaban J connectivity index is 2.29. The van der Waals surface area contributed by atoms with E-state index in [1.807, 2.05) is 6.92 Å². The lowest BCUT2D eigenvalue weighted by Crippen LogP contribution is -2.44. The van der Waals surface area contributed by atoms with Gasteiger partial charge in [0.05, 0.1) is 0 Å². The minimum Gasteiger partial charge on any atom is -0.354 e. The molecule has 2 unspecified atom stereocenters. The van der Waals surface area contributed by atoms with E-state index in [2.05, 4.69) is 5.32 Å². The van der Waals surface area contributed by atoms with Crippen LogP contribution < -0.4 is 11.1 Å². The van der Waals surface area contributed by atoms with Crippen LogP contribution in [0.1, 0.15) is 30.3 Å². The predicted octanol–water partition coefficient (Wildman–Crippen LogP) is 0.133. The van der Waals surface area contributed by atoms with E-state index >= 15 is 0 Å². The highest BCUT2D eigenvalue weighted by molar-refractivity contribution is 7.89. The minimum atomic E-state index is -3.59. The monoisotopic (exact) mass is 328 g/mol. The molecule has 2 rings (SSSR count). The molecule has 0 aliphatic carbocycles. The zero-order chi connectivity index (χ0) is 16.5. The summed E-state index contributed by atoms with van der Waals surface area (Å²) >= 11 is 0. The molecule has 1 aromatic heterocycles. The normalized spacial score (nSPS) is 21.5. The Morgan fingerprint density at radius 1 is 1.50 bits per heavy atom. The van der Waals surface area contributed by atoms with E-state index in [1.165, 1.54) is 28.2 Å². The summed E-state index contributed by atoms with van der Waals surface area (Å²) in [5.74, 6) is -0.137. The number of nitrogens with two attached hydrogens (primary N) is 1. The van der Waals surface area contributed by atoms with Crippen molar-refractivity contribution in [2.75, 3.05) is 20.1 Å². The number of hydrogen-bond donors (Lipinski definition) is 2. The molecule has 3 N–H and O–H groups in total. The van der Waals surface area contributed by atoms with Crippen molar-refractivity contribution in [3.63, 3.8) is 0 Å². The van der Waals surface area contributed by atoms with E-state index in [9.17, 15) is 13.2 Å². The average molecular weight is 328 g/mol. The van der Waals surface area contributed by atoms with Crippen LogP contribution in [-0.2, 0) is 17.1 Å². The fourth-order valence-electron chi connectivity index (χ4n) is 2.80. The SMILES string of the molecule is CNC(=O)c1cc(S(=O)(=O)N2CCCC(C(C)N)C2)cn1C. The maximum absolute atomic E-state index is 12.8. The van der Waals surface area contributed by atoms with Gasteiger partial charge in [0.2, 0.25) is 10.0 Å². The molecule has 0 radical (unpaired) electrons. The quantitative estimate of drug-likeness (QED) is 0.821. The van der Waals surface area contributed by atoms with Gasteiger partial charge >= 0.3 is 0 Å². The molecule has 2 heterocycles. The maximum Gasteiger partial charge on any atom is 0.267 e. The van der Waals surface area contributed by atoms with Crippen LogP contribution in [0.4, 0.5) is 0 Å². The Labute approximate surface area is 131 Å². The second-order valence-corrected chi connectivity index (χ2v) is 7.81. The topological polar surface area (TPSA) is 97.4 Å². The van der Waals surface area contributed by atoms with Crippen molar-refractivity contribution < 1.29 is 13.2 Å². The fourth-order valence-corrected chi connectivity index (χ4v) is 4.41. The summed E-state index contributed by atoms with van der Waals surface area (Å²) in [5, 5.41) is 2.50. The number of carbonyl (C=O) groups is 1. The van der Waals surface area contributed by atoms with Gasteiger partial charge in [-0.25, -0.2) is 8.42 Å². The Hall–Kier alpha value is -1.38. The molecule has 22 heavy (non-hydrogen) atoms. The lowest BCUT2D eigenvalue weighted by atomic mass is 9.93. The fraction of sp³-hybridized carbons (Fsp3) is 0.643. The number of carbonyl (C=O) groups excluding carboxylic acids is 1. The van der Waals surface area contributed by atoms with Crippen molar-refractivity contribution in [3.05, 3.63) is 18.0 Å². The third-order valence-electron chi connectivity index (χ3n) is 4.24. The van der Waals surface area contributed by atoms with Gasteiger partial charge in [-0.15, -0.1) is 0 Å². The number of nitrogens with one attached hydrogen (secondary N) is 1. The summed E-state index contributed by atoms with van der Waals surface area (Å²) in [6, 6.07) is 1.39. The van der Waals surface area contributed by atoms with Gasteiger partial charge in [-0.2, -0.15) is 4.31 Å². The van der Waals surface area contributed by atoms with Crippen LogP contribution in [0.25, 0.3) is 0 Å². The van der Waals surface area contributed by atoms with Crippen LogP contribution in [0.5, 0.6) is 0 Å². The van der Waals surface area contributed by atoms with Crippen LogP contribution in [-0.4, -0.2) is 49.4 Å². The second-order valence-electron chi connectivity index (χ2n) is 5.88. The average Bonchev–Trinajstić information content (AvgIpc) is 2.89. The van der Waals surface area contributed by atoms with Crippen molar-refractivity contribution in [2.45, 2.75) is 30.7 Å². The number of amides is 1. The molecule has 0 bridgehead atoms. The van der Waals surface area contributed by atoms with Gasteiger partial charge < -0.3 is 15.6 Å². The van der Waals surface area contributed by atoms with Gasteiger partial charge in [0.25, 0.3) is 5.91 Å². The zero-order valence-corrected chi connectivity index (χ0v) is 14.1. The van der Waals surface area contributed by atoms with Crippen molar-refractivity contribution >= 4 is 15.9 Å². The number of aryl methyl sites for hydroxylation is 1. The van der Waals surface area contributed by atoms with Crippen molar-refractivity contribution in [3.8, 4) is 0 Å². The van der Waals surface area contributed by atoms with E-state index in [0.717, 1.165) is 12.8 Å². The van der Waals surface area contributed by atoms with Crippen LogP contribution in [0.15, 0.2) is 17.2 Å². The van der Waals surface area contributed by atoms with Crippen molar-refractivity contribution in [2.24, 2.45) is 18.7 Å². The lowest BCUT2D eigenvalue weighted by molar-refractivity contribution is 0.0955. The van der Waals surface area contributed by atoms with E-state index in [1.54, 1.807) is 7.05 Å². The first kappa shape index (κ1) is 17.0. The highest BCUT2D eigenvalue weighted by Gasteiger charge is 2.32. The summed E-state index contributed by atoms with van der Waals surface area (Å²) < 4.78 is 28.6. The van der Waals surface area contributed by atoms with E-state index < -0.39 is 10.0 Å². The van der Waals surface area contributed by atoms with Gasteiger partial charge in [0.1, 0.15) is 10.6 Å². The van der Waals surface area contributed by atoms with Crippen LogP contribution in [0.3, 0.4) is 0 Å². The Morgan fingerprint density at radius 2 is 2.18 bits per heavy atom. The summed E-state index contributed by atoms with van der Waals surface area (Å²) in [4.78, 5) is 11.9. The van der Waals surface area contributed by atoms with Gasteiger partial charge in [-0.3, -0.25) is 4.79 Å². The van der Waals surface area contributed by atoms with Gasteiger partial charge in [0.15, 0.2) is 0 Å². The molecule has 1 aliphatic rings. The van der Waals surface area contributed by atoms with E-state index in [0.29, 0.717) is 18.8 Å². The van der Waals surface area contributed by atoms with Crippen LogP contribution in [0, 0.1) is 5.92 Å². The number of piperidine rings is 1. The number of nitrogens with zero attached hydrogens (tertiary/aromatic N) is 2. The molecule has 0 spiro atoms. The van der Waals surface area contributed by atoms with E-state index in [-0.39, 0.29) is 22.8 Å². The first-order valence-electron chi connectivity index (χ1n) is 7.41. The van der Waals surface area contributed by atoms with Gasteiger partial charge in [-0.05, 0) is 31.7 Å². The molecule has 1 amide bonds. The van der Waals surface area contributed by atoms with Crippen LogP contribution in [0.2, 0.25) is 0 Å². The molecule has 1 aliphatic heterocycles. The number of sulfonamides is 1. The molecule has 124 valence electrons. The number of rotatable bonds is 4. The highest BCUT2D eigenvalue weighted by atomic mass is 32.2. The molecular formula is C14H24N4O3S. The van der Waals surface area contributed by atoms with Gasteiger partial charge in [-0.1, -0.05) is 0 Å². The standard InChI is InChI=1S/C14H24N4O3S/c1-10(15)11-5-4-6-18(8-11)22(20,21)12-7-13(14(19)16-2)17(3)9-12/h7,9-11H,4-6,8,15H2,1-3H3,(H,16,19). The first-order chi connectivity index (χ1) is 10.3. The third-order valence-corrected chi connectivity index (χ3v) is 6.07. The Kier molecular flexibility index (Phi) is 4.93. The first-order valence-corrected chi connectivity index (χ1v) is 8.85. The van der Waals surface area contributed by atoms with Crippen molar-refractivity contribution in [1.82, 2.24) is 14.2 Å². The largest absolute Gasteiger partial charge is 0.354 e.